The Balaban J connectivity index is 0.00000342. The number of aromatic hydroxyl groups is 2. The van der Waals surface area contributed by atoms with E-state index in [9.17, 15) is 34.0 Å². The Morgan fingerprint density at radius 1 is 0.943 bits per heavy atom. The average molecular weight is 549 g/mol. The Morgan fingerprint density at radius 2 is 1.57 bits per heavy atom. The molecule has 14 heteroatoms. The number of phenols is 1. The minimum absolute atomic E-state index is 0. The first kappa shape index (κ1) is 26.1. The molecule has 0 atom stereocenters. The molecule has 3 aromatic carbocycles. The van der Waals surface area contributed by atoms with Crippen LogP contribution in [0.4, 0.5) is 17.1 Å². The van der Waals surface area contributed by atoms with Crippen molar-refractivity contribution in [1.82, 2.24) is 9.78 Å². The van der Waals surface area contributed by atoms with Gasteiger partial charge in [-0.1, -0.05) is 17.7 Å². The second-order valence-corrected chi connectivity index (χ2v) is 8.93. The molecule has 187 valence electrons. The number of nitro benzene ring substituents is 1. The molecule has 0 aliphatic carbocycles. The fourth-order valence-corrected chi connectivity index (χ4v) is 4.12. The van der Waals surface area contributed by atoms with Gasteiger partial charge in [-0.15, -0.1) is 10.2 Å². The van der Waals surface area contributed by atoms with Crippen molar-refractivity contribution < 1.29 is 45.9 Å². The van der Waals surface area contributed by atoms with E-state index in [-0.39, 0.29) is 50.8 Å². The normalized spacial score (nSPS) is 12.1. The molecule has 1 aromatic heterocycles. The van der Waals surface area contributed by atoms with Crippen molar-refractivity contribution in [3.05, 3.63) is 69.9 Å². The summed E-state index contributed by atoms with van der Waals surface area (Å²) >= 11 is 0. The summed E-state index contributed by atoms with van der Waals surface area (Å²) in [7, 11) is -4.33. The summed E-state index contributed by atoms with van der Waals surface area (Å²) < 4.78 is 30.5. The van der Waals surface area contributed by atoms with Crippen LogP contribution in [0.5, 0.6) is 11.6 Å². The summed E-state index contributed by atoms with van der Waals surface area (Å²) in [6.07, 6.45) is 0. The van der Waals surface area contributed by atoms with Gasteiger partial charge in [0.1, 0.15) is 22.3 Å². The van der Waals surface area contributed by atoms with Gasteiger partial charge in [-0.05, 0) is 32.0 Å². The summed E-state index contributed by atoms with van der Waals surface area (Å²) in [5.41, 5.74) is 1.43. The summed E-state index contributed by atoms with van der Waals surface area (Å²) in [4.78, 5) is 9.98. The topological polar surface area (TPSA) is 187 Å². The Morgan fingerprint density at radius 3 is 2.17 bits per heavy atom. The molecule has 0 fully saturated rings. The summed E-state index contributed by atoms with van der Waals surface area (Å²) in [6.45, 7) is 3.52. The number of nitrogens with zero attached hydrogens (tertiary/aromatic N) is 5. The summed E-state index contributed by atoms with van der Waals surface area (Å²) in [5.74, 6) is -0.872. The first-order valence-corrected chi connectivity index (χ1v) is 11.2. The molecule has 0 saturated heterocycles. The number of azo groups is 1. The first-order valence-electron chi connectivity index (χ1n) is 9.69. The quantitative estimate of drug-likeness (QED) is 0.0874. The molecule has 1 heterocycles. The maximum absolute atomic E-state index is 11.2. The van der Waals surface area contributed by atoms with Crippen LogP contribution in [0.2, 0.25) is 0 Å². The summed E-state index contributed by atoms with van der Waals surface area (Å²) in [6, 6.07) is 11.5. The molecule has 5 N–H and O–H groups in total. The van der Waals surface area contributed by atoms with E-state index in [1.165, 1.54) is 10.7 Å². The van der Waals surface area contributed by atoms with Crippen molar-refractivity contribution >= 4 is 38.7 Å². The number of hydrogen-bond acceptors (Lipinski definition) is 10. The number of fused-ring (bicyclic) bond motifs is 1. The molecule has 12 nitrogen and oxygen atoms in total. The zero-order valence-electron chi connectivity index (χ0n) is 18.1. The van der Waals surface area contributed by atoms with E-state index in [0.717, 1.165) is 23.8 Å². The van der Waals surface area contributed by atoms with E-state index in [2.05, 4.69) is 15.3 Å². The van der Waals surface area contributed by atoms with E-state index in [1.807, 2.05) is 19.1 Å². The van der Waals surface area contributed by atoms with Gasteiger partial charge in [0.25, 0.3) is 5.69 Å². The Kier molecular flexibility index (Phi) is 7.17. The van der Waals surface area contributed by atoms with Gasteiger partial charge in [0.2, 0.25) is 5.88 Å². The van der Waals surface area contributed by atoms with Crippen LogP contribution in [0.15, 0.2) is 63.7 Å². The predicted molar refractivity (Wildman–Crippen MR) is 125 cm³/mol. The van der Waals surface area contributed by atoms with Gasteiger partial charge in [0.15, 0.2) is 5.69 Å². The fraction of sp³-hybridized carbons (Fsp3) is 0.0952. The van der Waals surface area contributed by atoms with Gasteiger partial charge in [0, 0.05) is 46.0 Å². The maximum atomic E-state index is 11.2. The number of benzene rings is 3. The SMILES string of the molecule is Cc1ccc(-n2nc(C)c(N=Nc3c(O)cc(S(O)(O)O)c4cc([N+](=O)[O-])ccc34)c2O)cc1.[Cu]. The Hall–Kier alpha value is -3.52. The van der Waals surface area contributed by atoms with E-state index >= 15 is 0 Å². The van der Waals surface area contributed by atoms with E-state index in [4.69, 9.17) is 0 Å². The third-order valence-corrected chi connectivity index (χ3v) is 6.00. The molecule has 0 aliphatic heterocycles. The van der Waals surface area contributed by atoms with Gasteiger partial charge >= 0.3 is 0 Å². The fourth-order valence-electron chi connectivity index (χ4n) is 3.39. The second kappa shape index (κ2) is 9.62. The van der Waals surface area contributed by atoms with Crippen LogP contribution in [0.3, 0.4) is 0 Å². The van der Waals surface area contributed by atoms with Gasteiger partial charge < -0.3 is 23.9 Å². The number of aromatic nitrogens is 2. The molecule has 1 radical (unpaired) electrons. The number of phenolic OH excluding ortho intramolecular Hbond substituents is 1. The van der Waals surface area contributed by atoms with E-state index < -0.39 is 26.4 Å². The first-order chi connectivity index (χ1) is 16.0. The standard InChI is InChI=1S/C21H19N5O7S.Cu/c1-11-3-5-13(6-4-11)25-21(28)19(12(2)24-25)22-23-20-15-8-7-14(26(29)30)9-16(15)18(10-17(20)27)34(31,32)33;/h3-10,27-28,31-33H,1-2H3;. The number of nitro groups is 1. The molecule has 0 spiro atoms. The maximum Gasteiger partial charge on any atom is 0.270 e. The molecule has 4 aromatic rings. The number of rotatable bonds is 5. The number of non-ortho nitro benzene ring substituents is 1. The molecular weight excluding hydrogens is 530 g/mol. The van der Waals surface area contributed by atoms with Gasteiger partial charge in [-0.3, -0.25) is 10.1 Å². The van der Waals surface area contributed by atoms with Crippen molar-refractivity contribution in [3.8, 4) is 17.3 Å². The molecule has 0 aliphatic rings. The number of hydrogen-bond donors (Lipinski definition) is 5. The van der Waals surface area contributed by atoms with Crippen molar-refractivity contribution in [2.75, 3.05) is 0 Å². The van der Waals surface area contributed by atoms with Crippen molar-refractivity contribution in [1.29, 1.82) is 0 Å². The van der Waals surface area contributed by atoms with Crippen LogP contribution in [0.25, 0.3) is 16.5 Å². The minimum atomic E-state index is -4.33. The predicted octanol–water partition coefficient (Wildman–Crippen LogP) is 5.96. The molecule has 0 amide bonds. The Bertz CT molecular complexity index is 1470. The van der Waals surface area contributed by atoms with Gasteiger partial charge in [-0.25, -0.2) is 0 Å². The van der Waals surface area contributed by atoms with Crippen LogP contribution in [0.1, 0.15) is 11.3 Å². The smallest absolute Gasteiger partial charge is 0.270 e. The van der Waals surface area contributed by atoms with Crippen LogP contribution in [-0.4, -0.2) is 38.6 Å². The van der Waals surface area contributed by atoms with Gasteiger partial charge in [-0.2, -0.15) is 9.78 Å². The molecular formula is C21H19CuN5O7S. The molecule has 35 heavy (non-hydrogen) atoms. The van der Waals surface area contributed by atoms with Crippen LogP contribution >= 0.6 is 10.9 Å². The van der Waals surface area contributed by atoms with Crippen molar-refractivity contribution in [2.45, 2.75) is 18.7 Å². The third kappa shape index (κ3) is 4.98. The zero-order valence-corrected chi connectivity index (χ0v) is 19.9. The van der Waals surface area contributed by atoms with Crippen LogP contribution < -0.4 is 0 Å². The number of aryl methyl sites for hydroxylation is 2. The largest absolute Gasteiger partial charge is 0.506 e. The zero-order chi connectivity index (χ0) is 24.8. The molecule has 4 rings (SSSR count). The Labute approximate surface area is 210 Å². The average Bonchev–Trinajstić information content (AvgIpc) is 3.05. The minimum Gasteiger partial charge on any atom is -0.506 e. The van der Waals surface area contributed by atoms with Crippen LogP contribution in [0, 0.1) is 24.0 Å². The monoisotopic (exact) mass is 548 g/mol. The summed E-state index contributed by atoms with van der Waals surface area (Å²) in [5, 5.41) is 44.5. The van der Waals surface area contributed by atoms with Crippen molar-refractivity contribution in [2.24, 2.45) is 10.2 Å². The van der Waals surface area contributed by atoms with E-state index in [1.54, 1.807) is 19.1 Å². The molecule has 0 unspecified atom stereocenters. The molecule has 0 bridgehead atoms. The van der Waals surface area contributed by atoms with Crippen LogP contribution in [-0.2, 0) is 17.1 Å². The van der Waals surface area contributed by atoms with Crippen molar-refractivity contribution in [3.63, 3.8) is 0 Å². The molecule has 0 saturated carbocycles. The third-order valence-electron chi connectivity index (χ3n) is 5.07. The van der Waals surface area contributed by atoms with Gasteiger partial charge in [0.05, 0.1) is 21.2 Å². The second-order valence-electron chi connectivity index (χ2n) is 7.45. The van der Waals surface area contributed by atoms with E-state index in [0.29, 0.717) is 11.4 Å².